The number of hydrogen-bond acceptors (Lipinski definition) is 5. The Morgan fingerprint density at radius 2 is 0.667 bits per heavy atom. The van der Waals surface area contributed by atoms with Gasteiger partial charge in [-0.05, 0) is 118 Å². The van der Waals surface area contributed by atoms with Crippen molar-refractivity contribution in [2.45, 2.75) is 0 Å². The largest absolute Gasteiger partial charge is 0.311 e. The molecule has 0 spiro atoms. The molecule has 7 heteroatoms. The Morgan fingerprint density at radius 1 is 0.283 bits per heavy atom. The van der Waals surface area contributed by atoms with Crippen LogP contribution < -0.4 is 52.4 Å². The van der Waals surface area contributed by atoms with Gasteiger partial charge in [-0.2, -0.15) is 0 Å². The third-order valence-electron chi connectivity index (χ3n) is 12.8. The van der Waals surface area contributed by atoms with Gasteiger partial charge < -0.3 is 14.7 Å². The van der Waals surface area contributed by atoms with Gasteiger partial charge in [-0.3, -0.25) is 4.90 Å². The highest BCUT2D eigenvalue weighted by molar-refractivity contribution is 7.03. The molecule has 5 nitrogen and oxygen atoms in total. The molecule has 278 valence electrons. The smallest absolute Gasteiger partial charge is 0.254 e. The first-order valence-corrected chi connectivity index (χ1v) is 20.7. The third kappa shape index (κ3) is 4.63. The Labute approximate surface area is 350 Å². The summed E-state index contributed by atoms with van der Waals surface area (Å²) in [6.45, 7) is -0.0613. The Bertz CT molecular complexity index is 2930. The molecule has 0 bridgehead atoms. The molecule has 0 N–H and O–H groups in total. The van der Waals surface area contributed by atoms with Crippen LogP contribution in [0.25, 0.3) is 0 Å². The zero-order valence-corrected chi connectivity index (χ0v) is 32.6. The molecule has 1 aromatic heterocycles. The average Bonchev–Trinajstić information content (AvgIpc) is 3.32. The van der Waals surface area contributed by atoms with Crippen LogP contribution in [0.1, 0.15) is 0 Å². The Kier molecular flexibility index (Phi) is 7.13. The first-order valence-electron chi connectivity index (χ1n) is 20.7. The standard InChI is InChI=1S/C53H35B2N5/c1-5-18-36(19-6-1)57-44-28-15-13-26-40(44)54-42-34-43-50(35-49(42)59(38-22-9-3-10-23-38)47-31-17-30-46(57)51(47)54)60(39-24-11-4-12-25-39)53-52-48(32-33-56-53)58(37-20-7-2-8-21-37)45-29-16-14-27-41(45)55(43)52/h1-35H. The number of aromatic nitrogens is 1. The van der Waals surface area contributed by atoms with E-state index in [0.29, 0.717) is 0 Å². The average molecular weight is 764 g/mol. The van der Waals surface area contributed by atoms with E-state index in [2.05, 4.69) is 226 Å². The SMILES string of the molecule is c1ccc(N2c3ccccc3B3c4cc5c(cc4N(c4ccccc4)c4cccc2c43)N(c2ccccc2)c2nccc3c2B5c2ccccc2N3c2ccccc2)cc1. The molecule has 0 fully saturated rings. The number of para-hydroxylation sites is 6. The van der Waals surface area contributed by atoms with E-state index >= 15 is 0 Å². The van der Waals surface area contributed by atoms with Crippen molar-refractivity contribution in [2.75, 3.05) is 19.6 Å². The summed E-state index contributed by atoms with van der Waals surface area (Å²) in [5, 5.41) is 0. The minimum Gasteiger partial charge on any atom is -0.311 e. The van der Waals surface area contributed by atoms with Crippen molar-refractivity contribution in [3.8, 4) is 0 Å². The fourth-order valence-electron chi connectivity index (χ4n) is 10.5. The van der Waals surface area contributed by atoms with Crippen molar-refractivity contribution >= 4 is 115 Å². The zero-order chi connectivity index (χ0) is 39.3. The number of fused-ring (bicyclic) bond motifs is 8. The summed E-state index contributed by atoms with van der Waals surface area (Å²) in [5.41, 5.74) is 20.4. The second kappa shape index (κ2) is 12.9. The Balaban J connectivity index is 1.14. The third-order valence-corrected chi connectivity index (χ3v) is 12.8. The van der Waals surface area contributed by atoms with Crippen LogP contribution in [-0.2, 0) is 0 Å². The Morgan fingerprint density at radius 3 is 1.18 bits per heavy atom. The van der Waals surface area contributed by atoms with Gasteiger partial charge in [0.25, 0.3) is 13.4 Å². The van der Waals surface area contributed by atoms with Crippen LogP contribution in [0.5, 0.6) is 0 Å². The number of rotatable bonds is 4. The minimum absolute atomic E-state index is 0.00721. The summed E-state index contributed by atoms with van der Waals surface area (Å²) in [6, 6.07) is 75.3. The van der Waals surface area contributed by atoms with Crippen molar-refractivity contribution in [3.63, 3.8) is 0 Å². The quantitative estimate of drug-likeness (QED) is 0.167. The molecular formula is C53H35B2N5. The van der Waals surface area contributed by atoms with Gasteiger partial charge in [0.05, 0.1) is 0 Å². The predicted octanol–water partition coefficient (Wildman–Crippen LogP) is 9.25. The molecule has 5 heterocycles. The summed E-state index contributed by atoms with van der Waals surface area (Å²) in [7, 11) is 0. The number of benzene rings is 8. The summed E-state index contributed by atoms with van der Waals surface area (Å²) >= 11 is 0. The molecular weight excluding hydrogens is 728 g/mol. The minimum atomic E-state index is -0.0541. The second-order valence-electron chi connectivity index (χ2n) is 15.9. The van der Waals surface area contributed by atoms with Crippen molar-refractivity contribution in [1.29, 1.82) is 0 Å². The van der Waals surface area contributed by atoms with Crippen LogP contribution in [0.2, 0.25) is 0 Å². The molecule has 0 aliphatic carbocycles. The molecule has 0 atom stereocenters. The van der Waals surface area contributed by atoms with Crippen LogP contribution in [0.3, 0.4) is 0 Å². The highest BCUT2D eigenvalue weighted by Crippen LogP contribution is 2.47. The van der Waals surface area contributed by atoms with Crippen molar-refractivity contribution < 1.29 is 0 Å². The van der Waals surface area contributed by atoms with E-state index in [-0.39, 0.29) is 13.4 Å². The fraction of sp³-hybridized carbons (Fsp3) is 0. The molecule has 0 saturated carbocycles. The molecule has 0 unspecified atom stereocenters. The predicted molar refractivity (Wildman–Crippen MR) is 252 cm³/mol. The number of pyridine rings is 1. The summed E-state index contributed by atoms with van der Waals surface area (Å²) in [6.07, 6.45) is 1.99. The number of nitrogens with zero attached hydrogens (tertiary/aromatic N) is 5. The zero-order valence-electron chi connectivity index (χ0n) is 32.6. The molecule has 0 radical (unpaired) electrons. The van der Waals surface area contributed by atoms with E-state index in [1.165, 1.54) is 61.2 Å². The molecule has 60 heavy (non-hydrogen) atoms. The van der Waals surface area contributed by atoms with Gasteiger partial charge in [0, 0.05) is 68.8 Å². The lowest BCUT2D eigenvalue weighted by molar-refractivity contribution is 1.17. The van der Waals surface area contributed by atoms with E-state index in [1.54, 1.807) is 0 Å². The molecule has 9 aromatic rings. The van der Waals surface area contributed by atoms with E-state index in [0.717, 1.165) is 39.9 Å². The highest BCUT2D eigenvalue weighted by atomic mass is 15.2. The van der Waals surface area contributed by atoms with Gasteiger partial charge in [-0.1, -0.05) is 121 Å². The molecule has 4 aliphatic rings. The van der Waals surface area contributed by atoms with Gasteiger partial charge in [-0.15, -0.1) is 0 Å². The molecule has 8 aromatic carbocycles. The van der Waals surface area contributed by atoms with Crippen LogP contribution in [0.4, 0.5) is 68.4 Å². The summed E-state index contributed by atoms with van der Waals surface area (Å²) < 4.78 is 0. The maximum absolute atomic E-state index is 5.29. The first kappa shape index (κ1) is 33.2. The van der Waals surface area contributed by atoms with E-state index in [4.69, 9.17) is 4.98 Å². The van der Waals surface area contributed by atoms with Crippen molar-refractivity contribution in [1.82, 2.24) is 4.98 Å². The molecule has 0 amide bonds. The van der Waals surface area contributed by atoms with E-state index in [9.17, 15) is 0 Å². The maximum atomic E-state index is 5.29. The fourth-order valence-corrected chi connectivity index (χ4v) is 10.5. The summed E-state index contributed by atoms with van der Waals surface area (Å²) in [4.78, 5) is 15.1. The van der Waals surface area contributed by atoms with Gasteiger partial charge >= 0.3 is 0 Å². The van der Waals surface area contributed by atoms with Gasteiger partial charge in [-0.25, -0.2) is 4.98 Å². The number of hydrogen-bond donors (Lipinski definition) is 0. The lowest BCUT2D eigenvalue weighted by atomic mass is 9.30. The van der Waals surface area contributed by atoms with Crippen LogP contribution >= 0.6 is 0 Å². The van der Waals surface area contributed by atoms with Gasteiger partial charge in [0.1, 0.15) is 5.82 Å². The van der Waals surface area contributed by atoms with Crippen LogP contribution in [0, 0.1) is 0 Å². The molecule has 13 rings (SSSR count). The second-order valence-corrected chi connectivity index (χ2v) is 15.9. The van der Waals surface area contributed by atoms with Crippen molar-refractivity contribution in [3.05, 3.63) is 212 Å². The summed E-state index contributed by atoms with van der Waals surface area (Å²) in [5.74, 6) is 0.956. The number of anilines is 12. The topological polar surface area (TPSA) is 25.9 Å². The van der Waals surface area contributed by atoms with Crippen molar-refractivity contribution in [2.24, 2.45) is 0 Å². The first-order chi connectivity index (χ1) is 29.8. The van der Waals surface area contributed by atoms with Gasteiger partial charge in [0.15, 0.2) is 0 Å². The lowest BCUT2D eigenvalue weighted by Gasteiger charge is -2.46. The van der Waals surface area contributed by atoms with Crippen LogP contribution in [0.15, 0.2) is 212 Å². The van der Waals surface area contributed by atoms with Crippen LogP contribution in [-0.4, -0.2) is 18.4 Å². The highest BCUT2D eigenvalue weighted by Gasteiger charge is 2.48. The lowest BCUT2D eigenvalue weighted by Crippen LogP contribution is -2.65. The van der Waals surface area contributed by atoms with E-state index in [1.807, 2.05) is 6.20 Å². The monoisotopic (exact) mass is 763 g/mol. The maximum Gasteiger partial charge on any atom is 0.254 e. The van der Waals surface area contributed by atoms with E-state index < -0.39 is 0 Å². The van der Waals surface area contributed by atoms with Gasteiger partial charge in [0.2, 0.25) is 0 Å². The Hall–Kier alpha value is -7.76. The molecule has 4 aliphatic heterocycles. The normalized spacial score (nSPS) is 13.8. The molecule has 0 saturated heterocycles.